The van der Waals surface area contributed by atoms with Crippen LogP contribution in [0.25, 0.3) is 100 Å². The summed E-state index contributed by atoms with van der Waals surface area (Å²) in [5, 5.41) is 2.17. The Morgan fingerprint density at radius 1 is 0.352 bits per heavy atom. The van der Waals surface area contributed by atoms with Gasteiger partial charge in [0.25, 0.3) is 0 Å². The van der Waals surface area contributed by atoms with Crippen molar-refractivity contribution in [2.24, 2.45) is 0 Å². The van der Waals surface area contributed by atoms with Crippen molar-refractivity contribution >= 4 is 39.0 Å². The third-order valence-electron chi connectivity index (χ3n) is 14.3. The second kappa shape index (κ2) is 17.1. The first kappa shape index (κ1) is 42.0. The monoisotopic (exact) mass is 909 g/mol. The van der Waals surface area contributed by atoms with Gasteiger partial charge in [0.2, 0.25) is 0 Å². The topological polar surface area (TPSA) is 42.2 Å². The minimum absolute atomic E-state index is 0.124. The van der Waals surface area contributed by atoms with E-state index in [0.29, 0.717) is 5.82 Å². The van der Waals surface area contributed by atoms with E-state index in [4.69, 9.17) is 14.4 Å². The minimum Gasteiger partial charge on any atom is -0.455 e. The molecule has 71 heavy (non-hydrogen) atoms. The summed E-state index contributed by atoms with van der Waals surface area (Å²) in [6.07, 6.45) is 0. The van der Waals surface area contributed by atoms with Gasteiger partial charge in [0, 0.05) is 60.9 Å². The van der Waals surface area contributed by atoms with Crippen molar-refractivity contribution < 1.29 is 4.42 Å². The zero-order valence-corrected chi connectivity index (χ0v) is 39.4. The van der Waals surface area contributed by atoms with Crippen LogP contribution in [0.2, 0.25) is 0 Å². The maximum Gasteiger partial charge on any atom is 0.160 e. The molecule has 4 nitrogen and oxygen atoms in total. The van der Waals surface area contributed by atoms with E-state index in [0.717, 1.165) is 89.3 Å². The van der Waals surface area contributed by atoms with Crippen molar-refractivity contribution in [2.75, 3.05) is 4.90 Å². The largest absolute Gasteiger partial charge is 0.455 e. The van der Waals surface area contributed by atoms with Crippen LogP contribution in [-0.2, 0) is 5.41 Å². The standard InChI is InChI=1S/C67H47N3O/c1-67(2)58-28-13-12-23-57(58)63-59(67)29-16-30-62(63)70(51-39-35-45(36-40-51)44-17-6-3-7-18-44)52-41-37-47(38-42-52)54-25-15-27-56-55-26-14-24-53(64(55)71-65(54)56)46-31-33-50(34-32-46)66-68-60(48-19-8-4-9-20-48)43-61(69-66)49-21-10-5-11-22-49/h3-43H,1-2H3. The van der Waals surface area contributed by atoms with Gasteiger partial charge in [0.05, 0.1) is 17.1 Å². The molecule has 336 valence electrons. The fraction of sp³-hybridized carbons (Fsp3) is 0.0448. The summed E-state index contributed by atoms with van der Waals surface area (Å²) < 4.78 is 7.00. The highest BCUT2D eigenvalue weighted by Gasteiger charge is 2.37. The number of fused-ring (bicyclic) bond motifs is 6. The number of aromatic nitrogens is 2. The summed E-state index contributed by atoms with van der Waals surface area (Å²) in [6, 6.07) is 88.4. The van der Waals surface area contributed by atoms with Gasteiger partial charge in [-0.3, -0.25) is 0 Å². The van der Waals surface area contributed by atoms with Crippen LogP contribution in [0.5, 0.6) is 0 Å². The van der Waals surface area contributed by atoms with E-state index in [2.05, 4.69) is 231 Å². The minimum atomic E-state index is -0.124. The van der Waals surface area contributed by atoms with Crippen LogP contribution in [0, 0.1) is 0 Å². The third kappa shape index (κ3) is 7.31. The molecule has 0 amide bonds. The Kier molecular flexibility index (Phi) is 10.1. The molecule has 0 saturated carbocycles. The van der Waals surface area contributed by atoms with Gasteiger partial charge in [-0.15, -0.1) is 0 Å². The molecule has 12 aromatic rings. The zero-order valence-electron chi connectivity index (χ0n) is 39.4. The molecule has 1 aliphatic rings. The van der Waals surface area contributed by atoms with Gasteiger partial charge in [0.15, 0.2) is 5.82 Å². The lowest BCUT2D eigenvalue weighted by Crippen LogP contribution is -2.16. The predicted octanol–water partition coefficient (Wildman–Crippen LogP) is 18.2. The number of para-hydroxylation sites is 2. The number of nitrogens with zero attached hydrogens (tertiary/aromatic N) is 3. The summed E-state index contributed by atoms with van der Waals surface area (Å²) in [6.45, 7) is 4.69. The molecule has 0 unspecified atom stereocenters. The molecule has 2 aromatic heterocycles. The van der Waals surface area contributed by atoms with Crippen LogP contribution < -0.4 is 4.90 Å². The summed E-state index contributed by atoms with van der Waals surface area (Å²) in [4.78, 5) is 12.6. The van der Waals surface area contributed by atoms with Crippen molar-refractivity contribution in [3.8, 4) is 78.4 Å². The number of furan rings is 1. The molecule has 0 radical (unpaired) electrons. The van der Waals surface area contributed by atoms with Gasteiger partial charge in [-0.25, -0.2) is 9.97 Å². The number of hydrogen-bond donors (Lipinski definition) is 0. The molecule has 0 N–H and O–H groups in total. The Morgan fingerprint density at radius 2 is 0.775 bits per heavy atom. The van der Waals surface area contributed by atoms with Gasteiger partial charge >= 0.3 is 0 Å². The lowest BCUT2D eigenvalue weighted by Gasteiger charge is -2.29. The van der Waals surface area contributed by atoms with E-state index in [9.17, 15) is 0 Å². The van der Waals surface area contributed by atoms with Crippen LogP contribution in [0.1, 0.15) is 25.0 Å². The predicted molar refractivity (Wildman–Crippen MR) is 294 cm³/mol. The molecule has 1 aliphatic carbocycles. The van der Waals surface area contributed by atoms with E-state index in [1.807, 2.05) is 36.4 Å². The Labute approximate surface area is 413 Å². The SMILES string of the molecule is CC1(C)c2ccccc2-c2c(N(c3ccc(-c4ccccc4)cc3)c3ccc(-c4cccc5c4oc4c(-c6ccc(-c7nc(-c8ccccc8)cc(-c8ccccc8)n7)cc6)cccc45)cc3)cccc21. The first-order valence-electron chi connectivity index (χ1n) is 24.3. The van der Waals surface area contributed by atoms with Crippen molar-refractivity contribution in [3.05, 3.63) is 260 Å². The maximum atomic E-state index is 7.00. The highest BCUT2D eigenvalue weighted by molar-refractivity contribution is 6.13. The van der Waals surface area contributed by atoms with E-state index in [-0.39, 0.29) is 5.41 Å². The molecule has 10 aromatic carbocycles. The van der Waals surface area contributed by atoms with Crippen molar-refractivity contribution in [1.29, 1.82) is 0 Å². The van der Waals surface area contributed by atoms with E-state index >= 15 is 0 Å². The van der Waals surface area contributed by atoms with Gasteiger partial charge in [-0.1, -0.05) is 226 Å². The Bertz CT molecular complexity index is 3860. The lowest BCUT2D eigenvalue weighted by molar-refractivity contribution is 0.660. The molecule has 0 fully saturated rings. The molecule has 0 bridgehead atoms. The molecule has 13 rings (SSSR count). The number of rotatable bonds is 9. The van der Waals surface area contributed by atoms with Gasteiger partial charge in [-0.2, -0.15) is 0 Å². The molecule has 0 aliphatic heterocycles. The fourth-order valence-corrected chi connectivity index (χ4v) is 10.7. The van der Waals surface area contributed by atoms with Crippen LogP contribution in [0.3, 0.4) is 0 Å². The highest BCUT2D eigenvalue weighted by atomic mass is 16.3. The lowest BCUT2D eigenvalue weighted by atomic mass is 9.82. The molecule has 0 spiro atoms. The normalized spacial score (nSPS) is 12.5. The average Bonchev–Trinajstić information content (AvgIpc) is 3.94. The molecular weight excluding hydrogens is 863 g/mol. The average molecular weight is 910 g/mol. The van der Waals surface area contributed by atoms with Crippen LogP contribution >= 0.6 is 0 Å². The second-order valence-corrected chi connectivity index (χ2v) is 18.9. The molecular formula is C67H47N3O. The zero-order chi connectivity index (χ0) is 47.5. The smallest absolute Gasteiger partial charge is 0.160 e. The molecule has 2 heterocycles. The Hall–Kier alpha value is -9.12. The van der Waals surface area contributed by atoms with Gasteiger partial charge in [-0.05, 0) is 75.3 Å². The summed E-state index contributed by atoms with van der Waals surface area (Å²) in [7, 11) is 0. The number of hydrogen-bond acceptors (Lipinski definition) is 4. The van der Waals surface area contributed by atoms with Crippen LogP contribution in [0.4, 0.5) is 17.1 Å². The Morgan fingerprint density at radius 3 is 1.34 bits per heavy atom. The number of benzene rings is 10. The molecule has 4 heteroatoms. The fourth-order valence-electron chi connectivity index (χ4n) is 10.7. The van der Waals surface area contributed by atoms with Gasteiger partial charge < -0.3 is 9.32 Å². The Balaban J connectivity index is 0.872. The third-order valence-corrected chi connectivity index (χ3v) is 14.3. The quantitative estimate of drug-likeness (QED) is 0.145. The van der Waals surface area contributed by atoms with E-state index < -0.39 is 0 Å². The second-order valence-electron chi connectivity index (χ2n) is 18.9. The molecule has 0 atom stereocenters. The van der Waals surface area contributed by atoms with E-state index in [1.165, 1.54) is 33.4 Å². The first-order valence-corrected chi connectivity index (χ1v) is 24.3. The van der Waals surface area contributed by atoms with Crippen LogP contribution in [-0.4, -0.2) is 9.97 Å². The first-order chi connectivity index (χ1) is 35.0. The molecule has 0 saturated heterocycles. The summed E-state index contributed by atoms with van der Waals surface area (Å²) >= 11 is 0. The maximum absolute atomic E-state index is 7.00. The van der Waals surface area contributed by atoms with E-state index in [1.54, 1.807) is 0 Å². The van der Waals surface area contributed by atoms with Gasteiger partial charge in [0.1, 0.15) is 11.2 Å². The van der Waals surface area contributed by atoms with Crippen LogP contribution in [0.15, 0.2) is 253 Å². The van der Waals surface area contributed by atoms with Crippen molar-refractivity contribution in [2.45, 2.75) is 19.3 Å². The number of anilines is 3. The van der Waals surface area contributed by atoms with Crippen molar-refractivity contribution in [1.82, 2.24) is 9.97 Å². The summed E-state index contributed by atoms with van der Waals surface area (Å²) in [5.41, 5.74) is 21.6. The summed E-state index contributed by atoms with van der Waals surface area (Å²) in [5.74, 6) is 0.681. The van der Waals surface area contributed by atoms with Crippen molar-refractivity contribution in [3.63, 3.8) is 0 Å². The highest BCUT2D eigenvalue weighted by Crippen LogP contribution is 2.54.